The van der Waals surface area contributed by atoms with E-state index in [0.29, 0.717) is 12.0 Å². The normalized spacial score (nSPS) is 21.1. The summed E-state index contributed by atoms with van der Waals surface area (Å²) in [4.78, 5) is 0. The summed E-state index contributed by atoms with van der Waals surface area (Å²) in [6.45, 7) is 3.19. The van der Waals surface area contributed by atoms with E-state index in [1.165, 1.54) is 43.2 Å². The van der Waals surface area contributed by atoms with Crippen LogP contribution < -0.4 is 0 Å². The SMILES string of the molecule is Cc1ccccc1C(CBr)CCCC1CCCO1. The molecule has 1 aromatic rings. The van der Waals surface area contributed by atoms with E-state index in [-0.39, 0.29) is 0 Å². The third-order valence-corrected chi connectivity index (χ3v) is 4.70. The molecule has 1 heterocycles. The summed E-state index contributed by atoms with van der Waals surface area (Å²) >= 11 is 3.67. The lowest BCUT2D eigenvalue weighted by atomic mass is 9.91. The van der Waals surface area contributed by atoms with Crippen molar-refractivity contribution in [3.05, 3.63) is 35.4 Å². The minimum atomic E-state index is 0.540. The summed E-state index contributed by atoms with van der Waals surface area (Å²) in [6.07, 6.45) is 6.83. The monoisotopic (exact) mass is 310 g/mol. The van der Waals surface area contributed by atoms with Gasteiger partial charge in [0, 0.05) is 11.9 Å². The molecule has 2 rings (SSSR count). The maximum Gasteiger partial charge on any atom is 0.0576 e. The zero-order chi connectivity index (χ0) is 12.8. The van der Waals surface area contributed by atoms with Crippen molar-refractivity contribution in [1.82, 2.24) is 0 Å². The van der Waals surface area contributed by atoms with Crippen LogP contribution in [0.3, 0.4) is 0 Å². The van der Waals surface area contributed by atoms with Crippen LogP contribution in [0.25, 0.3) is 0 Å². The fraction of sp³-hybridized carbons (Fsp3) is 0.625. The van der Waals surface area contributed by atoms with Gasteiger partial charge in [-0.2, -0.15) is 0 Å². The summed E-state index contributed by atoms with van der Waals surface area (Å²) in [7, 11) is 0. The number of hydrogen-bond donors (Lipinski definition) is 0. The highest BCUT2D eigenvalue weighted by molar-refractivity contribution is 9.09. The predicted octanol–water partition coefficient (Wildman–Crippen LogP) is 4.82. The summed E-state index contributed by atoms with van der Waals surface area (Å²) in [5, 5.41) is 1.06. The molecule has 1 saturated heterocycles. The van der Waals surface area contributed by atoms with E-state index < -0.39 is 0 Å². The van der Waals surface area contributed by atoms with Crippen molar-refractivity contribution >= 4 is 15.9 Å². The third-order valence-electron chi connectivity index (χ3n) is 3.92. The first-order chi connectivity index (χ1) is 8.81. The van der Waals surface area contributed by atoms with Crippen molar-refractivity contribution in [2.45, 2.75) is 51.0 Å². The predicted molar refractivity (Wildman–Crippen MR) is 80.5 cm³/mol. The Hall–Kier alpha value is -0.340. The topological polar surface area (TPSA) is 9.23 Å². The van der Waals surface area contributed by atoms with E-state index in [9.17, 15) is 0 Å². The standard InChI is InChI=1S/C16H23BrO/c1-13-6-2-3-10-16(13)14(12-17)7-4-8-15-9-5-11-18-15/h2-3,6,10,14-15H,4-5,7-9,11-12H2,1H3. The van der Waals surface area contributed by atoms with Crippen molar-refractivity contribution in [3.8, 4) is 0 Å². The molecular weight excluding hydrogens is 288 g/mol. The zero-order valence-electron chi connectivity index (χ0n) is 11.2. The molecule has 0 aliphatic carbocycles. The smallest absolute Gasteiger partial charge is 0.0576 e. The average Bonchev–Trinajstić information content (AvgIpc) is 2.89. The van der Waals surface area contributed by atoms with E-state index in [1.54, 1.807) is 0 Å². The molecule has 1 aliphatic heterocycles. The lowest BCUT2D eigenvalue weighted by molar-refractivity contribution is 0.102. The number of ether oxygens (including phenoxy) is 1. The second-order valence-corrected chi connectivity index (χ2v) is 5.92. The fourth-order valence-corrected chi connectivity index (χ4v) is 3.50. The van der Waals surface area contributed by atoms with E-state index in [4.69, 9.17) is 4.74 Å². The second-order valence-electron chi connectivity index (χ2n) is 5.27. The Labute approximate surface area is 119 Å². The summed E-state index contributed by atoms with van der Waals surface area (Å²) in [5.41, 5.74) is 2.92. The van der Waals surface area contributed by atoms with Crippen LogP contribution in [0.1, 0.15) is 49.1 Å². The van der Waals surface area contributed by atoms with Gasteiger partial charge < -0.3 is 4.74 Å². The van der Waals surface area contributed by atoms with Crippen molar-refractivity contribution in [2.24, 2.45) is 0 Å². The Balaban J connectivity index is 1.83. The molecular formula is C16H23BrO. The first-order valence-electron chi connectivity index (χ1n) is 7.04. The molecule has 1 aromatic carbocycles. The van der Waals surface area contributed by atoms with Gasteiger partial charge in [-0.15, -0.1) is 0 Å². The minimum Gasteiger partial charge on any atom is -0.378 e. The molecule has 0 N–H and O–H groups in total. The van der Waals surface area contributed by atoms with Crippen LogP contribution in [0.5, 0.6) is 0 Å². The molecule has 1 nitrogen and oxygen atoms in total. The molecule has 0 radical (unpaired) electrons. The Morgan fingerprint density at radius 1 is 1.39 bits per heavy atom. The molecule has 0 aromatic heterocycles. The molecule has 18 heavy (non-hydrogen) atoms. The molecule has 2 atom stereocenters. The number of rotatable bonds is 6. The average molecular weight is 311 g/mol. The summed E-state index contributed by atoms with van der Waals surface area (Å²) < 4.78 is 5.69. The van der Waals surface area contributed by atoms with Gasteiger partial charge in [0.25, 0.3) is 0 Å². The molecule has 2 heteroatoms. The molecule has 0 amide bonds. The van der Waals surface area contributed by atoms with Gasteiger partial charge in [0.1, 0.15) is 0 Å². The van der Waals surface area contributed by atoms with Crippen LogP contribution in [0.4, 0.5) is 0 Å². The number of halogens is 1. The largest absolute Gasteiger partial charge is 0.378 e. The third kappa shape index (κ3) is 3.83. The molecule has 100 valence electrons. The second kappa shape index (κ2) is 7.30. The zero-order valence-corrected chi connectivity index (χ0v) is 12.8. The Bertz CT molecular complexity index is 358. The number of aryl methyl sites for hydroxylation is 1. The maximum absolute atomic E-state index is 5.69. The van der Waals surface area contributed by atoms with E-state index >= 15 is 0 Å². The van der Waals surface area contributed by atoms with Crippen LogP contribution in [-0.4, -0.2) is 18.0 Å². The number of hydrogen-bond acceptors (Lipinski definition) is 1. The van der Waals surface area contributed by atoms with E-state index in [2.05, 4.69) is 47.1 Å². The van der Waals surface area contributed by atoms with Gasteiger partial charge in [-0.1, -0.05) is 46.6 Å². The summed E-state index contributed by atoms with van der Waals surface area (Å²) in [6, 6.07) is 8.76. The molecule has 0 saturated carbocycles. The first kappa shape index (κ1) is 14.1. The van der Waals surface area contributed by atoms with Crippen LogP contribution in [0.2, 0.25) is 0 Å². The summed E-state index contributed by atoms with van der Waals surface area (Å²) in [5.74, 6) is 0.646. The van der Waals surface area contributed by atoms with Gasteiger partial charge in [-0.05, 0) is 49.7 Å². The molecule has 1 aliphatic rings. The van der Waals surface area contributed by atoms with Crippen LogP contribution in [0.15, 0.2) is 24.3 Å². The minimum absolute atomic E-state index is 0.540. The van der Waals surface area contributed by atoms with Gasteiger partial charge in [0.05, 0.1) is 6.10 Å². The van der Waals surface area contributed by atoms with Gasteiger partial charge in [0.2, 0.25) is 0 Å². The molecule has 1 fully saturated rings. The van der Waals surface area contributed by atoms with Crippen molar-refractivity contribution < 1.29 is 4.74 Å². The quantitative estimate of drug-likeness (QED) is 0.684. The van der Waals surface area contributed by atoms with Gasteiger partial charge in [-0.25, -0.2) is 0 Å². The highest BCUT2D eigenvalue weighted by Gasteiger charge is 2.17. The number of alkyl halides is 1. The first-order valence-corrected chi connectivity index (χ1v) is 8.16. The Morgan fingerprint density at radius 2 is 2.22 bits per heavy atom. The van der Waals surface area contributed by atoms with Crippen LogP contribution in [0, 0.1) is 6.92 Å². The lowest BCUT2D eigenvalue weighted by Gasteiger charge is -2.18. The number of benzene rings is 1. The fourth-order valence-electron chi connectivity index (χ4n) is 2.82. The van der Waals surface area contributed by atoms with Crippen molar-refractivity contribution in [3.63, 3.8) is 0 Å². The van der Waals surface area contributed by atoms with Crippen LogP contribution in [-0.2, 0) is 4.74 Å². The van der Waals surface area contributed by atoms with Gasteiger partial charge in [0.15, 0.2) is 0 Å². The Kier molecular flexibility index (Phi) is 5.71. The maximum atomic E-state index is 5.69. The highest BCUT2D eigenvalue weighted by atomic mass is 79.9. The van der Waals surface area contributed by atoms with Gasteiger partial charge in [-0.3, -0.25) is 0 Å². The van der Waals surface area contributed by atoms with Crippen molar-refractivity contribution in [2.75, 3.05) is 11.9 Å². The molecule has 0 spiro atoms. The van der Waals surface area contributed by atoms with Crippen LogP contribution >= 0.6 is 15.9 Å². The van der Waals surface area contributed by atoms with Crippen molar-refractivity contribution in [1.29, 1.82) is 0 Å². The van der Waals surface area contributed by atoms with Gasteiger partial charge >= 0.3 is 0 Å². The van der Waals surface area contributed by atoms with E-state index in [1.807, 2.05) is 0 Å². The molecule has 0 bridgehead atoms. The van der Waals surface area contributed by atoms with E-state index in [0.717, 1.165) is 11.9 Å². The highest BCUT2D eigenvalue weighted by Crippen LogP contribution is 2.28. The Morgan fingerprint density at radius 3 is 2.89 bits per heavy atom. The molecule has 2 unspecified atom stereocenters. The lowest BCUT2D eigenvalue weighted by Crippen LogP contribution is -2.07.